The van der Waals surface area contributed by atoms with Gasteiger partial charge in [0.05, 0.1) is 0 Å². The lowest BCUT2D eigenvalue weighted by molar-refractivity contribution is -0.274. The second kappa shape index (κ2) is 9.58. The number of benzene rings is 2. The van der Waals surface area contributed by atoms with E-state index in [2.05, 4.69) is 10.1 Å². The molecule has 0 aliphatic carbocycles. The van der Waals surface area contributed by atoms with Crippen LogP contribution in [0.3, 0.4) is 0 Å². The van der Waals surface area contributed by atoms with E-state index < -0.39 is 37.2 Å². The molecule has 0 aromatic heterocycles. The third kappa shape index (κ3) is 7.91. The summed E-state index contributed by atoms with van der Waals surface area (Å²) in [7, 11) is 0. The average molecular weight is 411 g/mol. The standard InChI is InChI=1S/C19H16F3NO6/c1-12(24)13-2-6-15(7-3-13)27-11-18(26)28-10-17(25)23-14-4-8-16(9-5-14)29-19(20,21)22/h2-9H,10-11H2,1H3,(H,23,25). The smallest absolute Gasteiger partial charge is 0.482 e. The summed E-state index contributed by atoms with van der Waals surface area (Å²) in [4.78, 5) is 34.5. The Balaban J connectivity index is 1.72. The Labute approximate surface area is 163 Å². The summed E-state index contributed by atoms with van der Waals surface area (Å²) in [5, 5.41) is 2.35. The van der Waals surface area contributed by atoms with Gasteiger partial charge in [-0.25, -0.2) is 4.79 Å². The molecule has 0 spiro atoms. The largest absolute Gasteiger partial charge is 0.573 e. The zero-order chi connectivity index (χ0) is 21.4. The Kier molecular flexibility index (Phi) is 7.18. The first-order valence-electron chi connectivity index (χ1n) is 8.17. The minimum atomic E-state index is -4.81. The van der Waals surface area contributed by atoms with Gasteiger partial charge in [0.15, 0.2) is 19.0 Å². The Morgan fingerprint density at radius 1 is 0.897 bits per heavy atom. The number of hydrogen-bond acceptors (Lipinski definition) is 6. The van der Waals surface area contributed by atoms with Crippen molar-refractivity contribution in [3.63, 3.8) is 0 Å². The van der Waals surface area contributed by atoms with Crippen molar-refractivity contribution >= 4 is 23.3 Å². The lowest BCUT2D eigenvalue weighted by atomic mass is 10.1. The molecule has 154 valence electrons. The van der Waals surface area contributed by atoms with E-state index in [1.165, 1.54) is 31.2 Å². The van der Waals surface area contributed by atoms with Gasteiger partial charge in [-0.2, -0.15) is 0 Å². The molecule has 7 nitrogen and oxygen atoms in total. The van der Waals surface area contributed by atoms with Gasteiger partial charge in [-0.05, 0) is 55.5 Å². The highest BCUT2D eigenvalue weighted by atomic mass is 19.4. The fraction of sp³-hybridized carbons (Fsp3) is 0.211. The molecule has 0 unspecified atom stereocenters. The third-order valence-electron chi connectivity index (χ3n) is 3.35. The number of halogens is 3. The van der Waals surface area contributed by atoms with Crippen LogP contribution in [0.4, 0.5) is 18.9 Å². The van der Waals surface area contributed by atoms with Gasteiger partial charge in [-0.15, -0.1) is 13.2 Å². The molecule has 1 amide bonds. The van der Waals surface area contributed by atoms with Crippen molar-refractivity contribution in [1.82, 2.24) is 0 Å². The lowest BCUT2D eigenvalue weighted by Gasteiger charge is -2.10. The van der Waals surface area contributed by atoms with E-state index in [1.54, 1.807) is 12.1 Å². The van der Waals surface area contributed by atoms with Crippen LogP contribution in [-0.2, 0) is 14.3 Å². The summed E-state index contributed by atoms with van der Waals surface area (Å²) in [6.45, 7) is 0.366. The van der Waals surface area contributed by atoms with Crippen molar-refractivity contribution in [3.8, 4) is 11.5 Å². The van der Waals surface area contributed by atoms with Crippen LogP contribution in [0.15, 0.2) is 48.5 Å². The predicted octanol–water partition coefficient (Wildman–Crippen LogP) is 3.35. The molecular weight excluding hydrogens is 395 g/mol. The van der Waals surface area contributed by atoms with Crippen molar-refractivity contribution in [2.45, 2.75) is 13.3 Å². The SMILES string of the molecule is CC(=O)c1ccc(OCC(=O)OCC(=O)Nc2ccc(OC(F)(F)F)cc2)cc1. The van der Waals surface area contributed by atoms with Crippen LogP contribution in [0.2, 0.25) is 0 Å². The normalized spacial score (nSPS) is 10.8. The fourth-order valence-electron chi connectivity index (χ4n) is 2.05. The molecule has 2 rings (SSSR count). The highest BCUT2D eigenvalue weighted by Gasteiger charge is 2.30. The zero-order valence-corrected chi connectivity index (χ0v) is 15.1. The molecule has 0 saturated heterocycles. The second-order valence-corrected chi connectivity index (χ2v) is 5.65. The number of nitrogens with one attached hydrogen (secondary N) is 1. The second-order valence-electron chi connectivity index (χ2n) is 5.65. The van der Waals surface area contributed by atoms with E-state index in [0.717, 1.165) is 12.1 Å². The van der Waals surface area contributed by atoms with Crippen LogP contribution < -0.4 is 14.8 Å². The summed E-state index contributed by atoms with van der Waals surface area (Å²) in [5.41, 5.74) is 0.692. The molecule has 0 aliphatic heterocycles. The molecule has 0 bridgehead atoms. The summed E-state index contributed by atoms with van der Waals surface area (Å²) < 4.78 is 49.9. The number of ketones is 1. The monoisotopic (exact) mass is 411 g/mol. The van der Waals surface area contributed by atoms with E-state index in [-0.39, 0.29) is 11.5 Å². The Hall–Kier alpha value is -3.56. The number of Topliss-reactive ketones (excluding diaryl/α,β-unsaturated/α-hetero) is 1. The van der Waals surface area contributed by atoms with Gasteiger partial charge in [0.1, 0.15) is 11.5 Å². The van der Waals surface area contributed by atoms with Gasteiger partial charge in [0.2, 0.25) is 0 Å². The summed E-state index contributed by atoms with van der Waals surface area (Å²) in [6, 6.07) is 10.6. The topological polar surface area (TPSA) is 90.9 Å². The predicted molar refractivity (Wildman–Crippen MR) is 94.7 cm³/mol. The first kappa shape index (κ1) is 21.7. The van der Waals surface area contributed by atoms with E-state index in [0.29, 0.717) is 11.3 Å². The van der Waals surface area contributed by atoms with Gasteiger partial charge in [-0.1, -0.05) is 0 Å². The maximum Gasteiger partial charge on any atom is 0.573 e. The number of alkyl halides is 3. The van der Waals surface area contributed by atoms with Crippen LogP contribution in [-0.4, -0.2) is 37.2 Å². The van der Waals surface area contributed by atoms with Crippen molar-refractivity contribution in [3.05, 3.63) is 54.1 Å². The molecule has 0 saturated carbocycles. The molecule has 0 atom stereocenters. The Morgan fingerprint density at radius 3 is 2.03 bits per heavy atom. The minimum Gasteiger partial charge on any atom is -0.482 e. The molecule has 0 aliphatic rings. The summed E-state index contributed by atoms with van der Waals surface area (Å²) in [6.07, 6.45) is -4.81. The first-order valence-corrected chi connectivity index (χ1v) is 8.17. The van der Waals surface area contributed by atoms with Crippen molar-refractivity contribution < 1.29 is 41.8 Å². The Morgan fingerprint density at radius 2 is 1.48 bits per heavy atom. The molecule has 1 N–H and O–H groups in total. The molecule has 2 aromatic rings. The maximum absolute atomic E-state index is 12.1. The number of amides is 1. The number of carbonyl (C=O) groups is 3. The maximum atomic E-state index is 12.1. The van der Waals surface area contributed by atoms with E-state index in [9.17, 15) is 27.6 Å². The van der Waals surface area contributed by atoms with Crippen molar-refractivity contribution in [2.75, 3.05) is 18.5 Å². The number of ether oxygens (including phenoxy) is 3. The van der Waals surface area contributed by atoms with Gasteiger partial charge >= 0.3 is 12.3 Å². The molecule has 0 fully saturated rings. The van der Waals surface area contributed by atoms with Gasteiger partial charge in [-0.3, -0.25) is 9.59 Å². The van der Waals surface area contributed by atoms with Crippen molar-refractivity contribution in [2.24, 2.45) is 0 Å². The van der Waals surface area contributed by atoms with E-state index >= 15 is 0 Å². The summed E-state index contributed by atoms with van der Waals surface area (Å²) in [5.74, 6) is -1.68. The van der Waals surface area contributed by atoms with E-state index in [4.69, 9.17) is 9.47 Å². The molecule has 0 heterocycles. The van der Waals surface area contributed by atoms with Crippen LogP contribution in [0.1, 0.15) is 17.3 Å². The minimum absolute atomic E-state index is 0.107. The highest BCUT2D eigenvalue weighted by molar-refractivity contribution is 5.94. The average Bonchev–Trinajstić information content (AvgIpc) is 2.65. The number of anilines is 1. The Bertz CT molecular complexity index is 863. The number of hydrogen-bond donors (Lipinski definition) is 1. The zero-order valence-electron chi connectivity index (χ0n) is 15.1. The number of rotatable bonds is 8. The van der Waals surface area contributed by atoms with Crippen LogP contribution in [0.25, 0.3) is 0 Å². The van der Waals surface area contributed by atoms with Crippen LogP contribution in [0.5, 0.6) is 11.5 Å². The van der Waals surface area contributed by atoms with E-state index in [1.807, 2.05) is 0 Å². The van der Waals surface area contributed by atoms with Gasteiger partial charge in [0.25, 0.3) is 5.91 Å². The molecule has 10 heteroatoms. The van der Waals surface area contributed by atoms with Gasteiger partial charge in [0, 0.05) is 11.3 Å². The quantitative estimate of drug-likeness (QED) is 0.529. The summed E-state index contributed by atoms with van der Waals surface area (Å²) >= 11 is 0. The molecule has 2 aromatic carbocycles. The highest BCUT2D eigenvalue weighted by Crippen LogP contribution is 2.23. The van der Waals surface area contributed by atoms with Gasteiger partial charge < -0.3 is 19.5 Å². The van der Waals surface area contributed by atoms with Crippen LogP contribution in [0, 0.1) is 0 Å². The fourth-order valence-corrected chi connectivity index (χ4v) is 2.05. The first-order chi connectivity index (χ1) is 13.6. The lowest BCUT2D eigenvalue weighted by Crippen LogP contribution is -2.23. The number of carbonyl (C=O) groups excluding carboxylic acids is 3. The molecule has 29 heavy (non-hydrogen) atoms. The molecular formula is C19H16F3NO6. The molecule has 0 radical (unpaired) electrons. The van der Waals surface area contributed by atoms with Crippen molar-refractivity contribution in [1.29, 1.82) is 0 Å². The third-order valence-corrected chi connectivity index (χ3v) is 3.35. The van der Waals surface area contributed by atoms with Crippen LogP contribution >= 0.6 is 0 Å². The number of esters is 1.